The summed E-state index contributed by atoms with van der Waals surface area (Å²) in [6, 6.07) is 6.36. The van der Waals surface area contributed by atoms with Crippen molar-refractivity contribution in [3.63, 3.8) is 0 Å². The van der Waals surface area contributed by atoms with Gasteiger partial charge in [-0.05, 0) is 49.9 Å². The van der Waals surface area contributed by atoms with Crippen molar-refractivity contribution in [1.29, 1.82) is 0 Å². The van der Waals surface area contributed by atoms with Crippen LogP contribution in [-0.4, -0.2) is 30.6 Å². The van der Waals surface area contributed by atoms with Crippen molar-refractivity contribution in [3.05, 3.63) is 36.0 Å². The molecule has 5 nitrogen and oxygen atoms in total. The maximum Gasteiger partial charge on any atom is 0.435 e. The molecule has 1 saturated carbocycles. The van der Waals surface area contributed by atoms with Gasteiger partial charge in [0.15, 0.2) is 15.5 Å². The highest BCUT2D eigenvalue weighted by Crippen LogP contribution is 2.34. The molecule has 0 saturated heterocycles. The highest BCUT2D eigenvalue weighted by atomic mass is 32.2. The van der Waals surface area contributed by atoms with E-state index in [1.807, 2.05) is 0 Å². The molecule has 9 heteroatoms. The molecule has 3 rings (SSSR count). The van der Waals surface area contributed by atoms with E-state index in [9.17, 15) is 21.6 Å². The van der Waals surface area contributed by atoms with Gasteiger partial charge in [0, 0.05) is 12.3 Å². The Morgan fingerprint density at radius 2 is 1.76 bits per heavy atom. The molecular weight excluding hydrogens is 357 g/mol. The Bertz CT molecular complexity index is 852. The Morgan fingerprint density at radius 1 is 1.16 bits per heavy atom. The fourth-order valence-corrected chi connectivity index (χ4v) is 3.41. The van der Waals surface area contributed by atoms with Crippen LogP contribution in [0, 0.1) is 0 Å². The molecule has 2 aromatic rings. The van der Waals surface area contributed by atoms with E-state index >= 15 is 0 Å². The first-order valence-corrected chi connectivity index (χ1v) is 9.68. The lowest BCUT2D eigenvalue weighted by molar-refractivity contribution is -0.141. The largest absolute Gasteiger partial charge is 0.474 e. The number of alkyl halides is 3. The summed E-state index contributed by atoms with van der Waals surface area (Å²) < 4.78 is 68.9. The first-order valence-electron chi connectivity index (χ1n) is 7.79. The molecule has 0 amide bonds. The zero-order valence-corrected chi connectivity index (χ0v) is 14.3. The molecule has 1 aromatic carbocycles. The summed E-state index contributed by atoms with van der Waals surface area (Å²) in [7, 11) is -3.39. The van der Waals surface area contributed by atoms with Gasteiger partial charge in [0.05, 0.1) is 10.6 Å². The number of nitrogens with zero attached hydrogens (tertiary/aromatic N) is 2. The molecule has 0 aliphatic heterocycles. The molecule has 1 aliphatic rings. The SMILES string of the molecule is CS(=O)(=O)c1ccc(-n2nc(C(F)(F)F)cc2OC2CCCC2)cc1. The van der Waals surface area contributed by atoms with Gasteiger partial charge >= 0.3 is 6.18 Å². The number of rotatable bonds is 4. The predicted octanol–water partition coefficient (Wildman–Crippen LogP) is 3.62. The molecule has 0 bridgehead atoms. The lowest BCUT2D eigenvalue weighted by Crippen LogP contribution is -2.14. The van der Waals surface area contributed by atoms with E-state index in [-0.39, 0.29) is 16.9 Å². The van der Waals surface area contributed by atoms with Crippen molar-refractivity contribution in [2.45, 2.75) is 42.9 Å². The van der Waals surface area contributed by atoms with Crippen LogP contribution in [0.5, 0.6) is 5.88 Å². The van der Waals surface area contributed by atoms with Gasteiger partial charge in [-0.1, -0.05) is 0 Å². The summed E-state index contributed by atoms with van der Waals surface area (Å²) >= 11 is 0. The van der Waals surface area contributed by atoms with Crippen molar-refractivity contribution in [2.24, 2.45) is 0 Å². The minimum absolute atomic E-state index is 0.00586. The van der Waals surface area contributed by atoms with E-state index in [1.54, 1.807) is 0 Å². The molecule has 25 heavy (non-hydrogen) atoms. The smallest absolute Gasteiger partial charge is 0.435 e. The normalized spacial score (nSPS) is 16.3. The van der Waals surface area contributed by atoms with E-state index in [2.05, 4.69) is 5.10 Å². The van der Waals surface area contributed by atoms with Gasteiger partial charge in [0.25, 0.3) is 0 Å². The van der Waals surface area contributed by atoms with Crippen LogP contribution in [0.2, 0.25) is 0 Å². The average Bonchev–Trinajstić information content (AvgIpc) is 3.16. The molecule has 0 radical (unpaired) electrons. The first-order chi connectivity index (χ1) is 11.6. The lowest BCUT2D eigenvalue weighted by Gasteiger charge is -2.14. The topological polar surface area (TPSA) is 61.2 Å². The standard InChI is InChI=1S/C16H17F3N2O3S/c1-25(22,23)13-8-6-11(7-9-13)21-15(24-12-4-2-3-5-12)10-14(20-21)16(17,18)19/h6-10,12H,2-5H2,1H3. The lowest BCUT2D eigenvalue weighted by atomic mass is 10.3. The van der Waals surface area contributed by atoms with Gasteiger partial charge in [0.2, 0.25) is 5.88 Å². The van der Waals surface area contributed by atoms with Crippen molar-refractivity contribution >= 4 is 9.84 Å². The fourth-order valence-electron chi connectivity index (χ4n) is 2.78. The van der Waals surface area contributed by atoms with E-state index in [4.69, 9.17) is 4.74 Å². The Kier molecular flexibility index (Phi) is 4.52. The van der Waals surface area contributed by atoms with Crippen LogP contribution >= 0.6 is 0 Å². The molecule has 0 unspecified atom stereocenters. The average molecular weight is 374 g/mol. The summed E-state index contributed by atoms with van der Waals surface area (Å²) in [6.45, 7) is 0. The number of halogens is 3. The van der Waals surface area contributed by atoms with Crippen LogP contribution < -0.4 is 4.74 Å². The highest BCUT2D eigenvalue weighted by molar-refractivity contribution is 7.90. The van der Waals surface area contributed by atoms with Crippen molar-refractivity contribution in [3.8, 4) is 11.6 Å². The Hall–Kier alpha value is -2.03. The zero-order chi connectivity index (χ0) is 18.2. The van der Waals surface area contributed by atoms with Gasteiger partial charge in [-0.2, -0.15) is 18.3 Å². The van der Waals surface area contributed by atoms with Gasteiger partial charge in [-0.3, -0.25) is 0 Å². The zero-order valence-electron chi connectivity index (χ0n) is 13.5. The summed E-state index contributed by atoms with van der Waals surface area (Å²) in [5.41, 5.74) is -0.747. The first kappa shape index (κ1) is 17.8. The number of ether oxygens (including phenoxy) is 1. The van der Waals surface area contributed by atoms with Gasteiger partial charge < -0.3 is 4.74 Å². The van der Waals surface area contributed by atoms with Crippen LogP contribution in [0.25, 0.3) is 5.69 Å². The maximum absolute atomic E-state index is 13.0. The summed E-state index contributed by atoms with van der Waals surface area (Å²) in [5, 5.41) is 3.60. The van der Waals surface area contributed by atoms with Crippen LogP contribution in [0.1, 0.15) is 31.4 Å². The van der Waals surface area contributed by atoms with Gasteiger partial charge in [-0.15, -0.1) is 0 Å². The summed E-state index contributed by atoms with van der Waals surface area (Å²) in [6.07, 6.45) is -0.120. The molecule has 0 atom stereocenters. The molecule has 136 valence electrons. The van der Waals surface area contributed by atoms with Gasteiger partial charge in [0.1, 0.15) is 6.10 Å². The van der Waals surface area contributed by atoms with Crippen LogP contribution in [0.3, 0.4) is 0 Å². The second-order valence-corrected chi connectivity index (χ2v) is 8.08. The Balaban J connectivity index is 1.99. The van der Waals surface area contributed by atoms with E-state index in [1.165, 1.54) is 24.3 Å². The molecular formula is C16H17F3N2O3S. The minimum atomic E-state index is -4.59. The van der Waals surface area contributed by atoms with Crippen molar-refractivity contribution in [1.82, 2.24) is 9.78 Å². The highest BCUT2D eigenvalue weighted by Gasteiger charge is 2.36. The second kappa shape index (κ2) is 6.36. The summed E-state index contributed by atoms with van der Waals surface area (Å²) in [5.74, 6) is 0.00586. The van der Waals surface area contributed by atoms with E-state index in [0.717, 1.165) is 42.7 Å². The van der Waals surface area contributed by atoms with Crippen LogP contribution in [0.15, 0.2) is 35.2 Å². The number of benzene rings is 1. The van der Waals surface area contributed by atoms with Crippen LogP contribution in [-0.2, 0) is 16.0 Å². The van der Waals surface area contributed by atoms with Gasteiger partial charge in [-0.25, -0.2) is 13.1 Å². The number of aromatic nitrogens is 2. The van der Waals surface area contributed by atoms with Crippen molar-refractivity contribution in [2.75, 3.05) is 6.26 Å². The van der Waals surface area contributed by atoms with Crippen LogP contribution in [0.4, 0.5) is 13.2 Å². The molecule has 1 aromatic heterocycles. The molecule has 1 heterocycles. The quantitative estimate of drug-likeness (QED) is 0.820. The van der Waals surface area contributed by atoms with E-state index < -0.39 is 21.7 Å². The number of hydrogen-bond acceptors (Lipinski definition) is 4. The third-order valence-corrected chi connectivity index (χ3v) is 5.19. The van der Waals surface area contributed by atoms with E-state index in [0.29, 0.717) is 5.69 Å². The Morgan fingerprint density at radius 3 is 2.28 bits per heavy atom. The molecule has 1 fully saturated rings. The minimum Gasteiger partial charge on any atom is -0.474 e. The third kappa shape index (κ3) is 3.97. The fraction of sp³-hybridized carbons (Fsp3) is 0.438. The number of hydrogen-bond donors (Lipinski definition) is 0. The number of sulfone groups is 1. The second-order valence-electron chi connectivity index (χ2n) is 6.07. The summed E-state index contributed by atoms with van der Waals surface area (Å²) in [4.78, 5) is 0.0812. The van der Waals surface area contributed by atoms with Crippen molar-refractivity contribution < 1.29 is 26.3 Å². The molecule has 1 aliphatic carbocycles. The predicted molar refractivity (Wildman–Crippen MR) is 84.6 cm³/mol. The third-order valence-electron chi connectivity index (χ3n) is 4.07. The molecule has 0 spiro atoms. The Labute approximate surface area is 143 Å². The molecule has 0 N–H and O–H groups in total. The monoisotopic (exact) mass is 374 g/mol. The maximum atomic E-state index is 13.0.